The van der Waals surface area contributed by atoms with Crippen molar-refractivity contribution in [1.82, 2.24) is 9.88 Å². The minimum atomic E-state index is -4.45. The lowest BCUT2D eigenvalue weighted by Gasteiger charge is -2.23. The lowest BCUT2D eigenvalue weighted by atomic mass is 10.3. The molecule has 1 aromatic rings. The molecule has 6 nitrogen and oxygen atoms in total. The second-order valence-electron chi connectivity index (χ2n) is 4.92. The molecule has 0 aliphatic carbocycles. The molecular formula is C12H20F3N5O. The number of nitrogens with zero attached hydrogens (tertiary/aromatic N) is 3. The maximum Gasteiger partial charge on any atom is 0.422 e. The Morgan fingerprint density at radius 2 is 1.76 bits per heavy atom. The predicted octanol–water partition coefficient (Wildman–Crippen LogP) is 1.18. The van der Waals surface area contributed by atoms with E-state index < -0.39 is 12.8 Å². The monoisotopic (exact) mass is 307 g/mol. The zero-order valence-electron chi connectivity index (χ0n) is 12.2. The topological polar surface area (TPSA) is 80.6 Å². The molecule has 0 radical (unpaired) electrons. The van der Waals surface area contributed by atoms with Gasteiger partial charge in [0, 0.05) is 20.1 Å². The van der Waals surface area contributed by atoms with E-state index in [-0.39, 0.29) is 17.3 Å². The lowest BCUT2D eigenvalue weighted by molar-refractivity contribution is -0.153. The van der Waals surface area contributed by atoms with E-state index in [1.54, 1.807) is 11.9 Å². The second kappa shape index (κ2) is 6.70. The highest BCUT2D eigenvalue weighted by atomic mass is 19.4. The predicted molar refractivity (Wildman–Crippen MR) is 76.4 cm³/mol. The molecule has 0 bridgehead atoms. The number of hydrogen-bond acceptors (Lipinski definition) is 6. The van der Waals surface area contributed by atoms with Crippen molar-refractivity contribution in [3.05, 3.63) is 6.07 Å². The van der Waals surface area contributed by atoms with Gasteiger partial charge >= 0.3 is 6.18 Å². The summed E-state index contributed by atoms with van der Waals surface area (Å²) in [5.41, 5.74) is 11.6. The first kappa shape index (κ1) is 17.2. The average molecular weight is 307 g/mol. The van der Waals surface area contributed by atoms with Crippen molar-refractivity contribution in [2.24, 2.45) is 0 Å². The Morgan fingerprint density at radius 3 is 2.29 bits per heavy atom. The van der Waals surface area contributed by atoms with Gasteiger partial charge < -0.3 is 26.0 Å². The average Bonchev–Trinajstić information content (AvgIpc) is 2.33. The molecule has 1 rings (SSSR count). The summed E-state index contributed by atoms with van der Waals surface area (Å²) in [5.74, 6) is 0.0662. The van der Waals surface area contributed by atoms with Crippen molar-refractivity contribution in [3.63, 3.8) is 0 Å². The quantitative estimate of drug-likeness (QED) is 0.821. The van der Waals surface area contributed by atoms with Crippen LogP contribution in [0.3, 0.4) is 0 Å². The van der Waals surface area contributed by atoms with Crippen LogP contribution in [0.15, 0.2) is 6.07 Å². The van der Waals surface area contributed by atoms with Gasteiger partial charge in [-0.2, -0.15) is 18.2 Å². The van der Waals surface area contributed by atoms with Crippen LogP contribution < -0.4 is 21.1 Å². The first-order valence-electron chi connectivity index (χ1n) is 6.21. The van der Waals surface area contributed by atoms with Crippen molar-refractivity contribution in [1.29, 1.82) is 0 Å². The second-order valence-corrected chi connectivity index (χ2v) is 4.92. The fourth-order valence-electron chi connectivity index (χ4n) is 1.55. The van der Waals surface area contributed by atoms with E-state index in [2.05, 4.69) is 9.72 Å². The van der Waals surface area contributed by atoms with Crippen molar-refractivity contribution in [2.45, 2.75) is 6.18 Å². The number of rotatable bonds is 6. The van der Waals surface area contributed by atoms with E-state index in [0.29, 0.717) is 12.4 Å². The van der Waals surface area contributed by atoms with E-state index in [1.807, 2.05) is 19.0 Å². The van der Waals surface area contributed by atoms with Crippen LogP contribution in [-0.4, -0.2) is 56.9 Å². The number of halogens is 3. The molecule has 0 atom stereocenters. The molecule has 21 heavy (non-hydrogen) atoms. The number of nitrogen functional groups attached to an aromatic ring is 2. The molecule has 120 valence electrons. The van der Waals surface area contributed by atoms with Gasteiger partial charge in [0.2, 0.25) is 5.88 Å². The fraction of sp³-hybridized carbons (Fsp3) is 0.583. The molecule has 1 aromatic heterocycles. The zero-order valence-corrected chi connectivity index (χ0v) is 12.2. The van der Waals surface area contributed by atoms with E-state index in [4.69, 9.17) is 11.5 Å². The maximum atomic E-state index is 12.2. The van der Waals surface area contributed by atoms with Gasteiger partial charge in [0.1, 0.15) is 0 Å². The van der Waals surface area contributed by atoms with Crippen LogP contribution in [0, 0.1) is 0 Å². The summed E-state index contributed by atoms with van der Waals surface area (Å²) >= 11 is 0. The van der Waals surface area contributed by atoms with Gasteiger partial charge in [-0.1, -0.05) is 0 Å². The standard InChI is InChI=1S/C12H20F3N5O/c1-19(2)4-5-20(3)10-8(16)6-9(17)11(18-10)21-7-12(13,14)15/h6H,4-5,7,16-17H2,1-3H3. The lowest BCUT2D eigenvalue weighted by Crippen LogP contribution is -2.30. The summed E-state index contributed by atoms with van der Waals surface area (Å²) in [4.78, 5) is 7.68. The molecule has 9 heteroatoms. The summed E-state index contributed by atoms with van der Waals surface area (Å²) in [6.07, 6.45) is -4.45. The van der Waals surface area contributed by atoms with E-state index >= 15 is 0 Å². The third-order valence-electron chi connectivity index (χ3n) is 2.64. The molecule has 0 unspecified atom stereocenters. The van der Waals surface area contributed by atoms with Crippen LogP contribution in [0.5, 0.6) is 5.88 Å². The first-order valence-corrected chi connectivity index (χ1v) is 6.21. The summed E-state index contributed by atoms with van der Waals surface area (Å²) in [6, 6.07) is 1.35. The van der Waals surface area contributed by atoms with Gasteiger partial charge in [-0.05, 0) is 20.2 Å². The van der Waals surface area contributed by atoms with Crippen LogP contribution >= 0.6 is 0 Å². The highest BCUT2D eigenvalue weighted by Crippen LogP contribution is 2.30. The molecule has 4 N–H and O–H groups in total. The molecule has 0 saturated carbocycles. The molecule has 0 spiro atoms. The van der Waals surface area contributed by atoms with E-state index in [9.17, 15) is 13.2 Å². The Balaban J connectivity index is 2.89. The van der Waals surface area contributed by atoms with E-state index in [0.717, 1.165) is 6.54 Å². The maximum absolute atomic E-state index is 12.2. The van der Waals surface area contributed by atoms with Gasteiger partial charge in [-0.15, -0.1) is 0 Å². The number of nitrogens with two attached hydrogens (primary N) is 2. The molecule has 1 heterocycles. The molecule has 0 fully saturated rings. The number of hydrogen-bond donors (Lipinski definition) is 2. The number of pyridine rings is 1. The summed E-state index contributed by atoms with van der Waals surface area (Å²) in [6.45, 7) is -0.109. The number of ether oxygens (including phenoxy) is 1. The Morgan fingerprint density at radius 1 is 1.14 bits per heavy atom. The SMILES string of the molecule is CN(C)CCN(C)c1nc(OCC(F)(F)F)c(N)cc1N. The van der Waals surface area contributed by atoms with Gasteiger partial charge in [0.25, 0.3) is 0 Å². The van der Waals surface area contributed by atoms with Crippen LogP contribution in [0.25, 0.3) is 0 Å². The van der Waals surface area contributed by atoms with Crippen LogP contribution in [-0.2, 0) is 0 Å². The molecule has 0 aromatic carbocycles. The van der Waals surface area contributed by atoms with Gasteiger partial charge in [-0.25, -0.2) is 0 Å². The van der Waals surface area contributed by atoms with E-state index in [1.165, 1.54) is 6.07 Å². The van der Waals surface area contributed by atoms with Gasteiger partial charge in [0.15, 0.2) is 12.4 Å². The fourth-order valence-corrected chi connectivity index (χ4v) is 1.55. The molecule has 0 amide bonds. The highest BCUT2D eigenvalue weighted by Gasteiger charge is 2.29. The molecule has 0 saturated heterocycles. The Kier molecular flexibility index (Phi) is 5.47. The van der Waals surface area contributed by atoms with Crippen LogP contribution in [0.1, 0.15) is 0 Å². The molecule has 0 aliphatic heterocycles. The molecular weight excluding hydrogens is 287 g/mol. The van der Waals surface area contributed by atoms with Crippen molar-refractivity contribution in [3.8, 4) is 5.88 Å². The Labute approximate surface area is 121 Å². The number of alkyl halides is 3. The zero-order chi connectivity index (χ0) is 16.2. The van der Waals surface area contributed by atoms with Gasteiger partial charge in [0.05, 0.1) is 11.4 Å². The Hall–Kier alpha value is -1.90. The highest BCUT2D eigenvalue weighted by molar-refractivity contribution is 5.70. The van der Waals surface area contributed by atoms with Crippen molar-refractivity contribution < 1.29 is 17.9 Å². The van der Waals surface area contributed by atoms with Crippen molar-refractivity contribution in [2.75, 3.05) is 57.2 Å². The van der Waals surface area contributed by atoms with Gasteiger partial charge in [-0.3, -0.25) is 0 Å². The van der Waals surface area contributed by atoms with Crippen LogP contribution in [0.4, 0.5) is 30.4 Å². The number of likely N-dealkylation sites (N-methyl/N-ethyl adjacent to an activating group) is 2. The summed E-state index contributed by atoms with van der Waals surface area (Å²) < 4.78 is 41.2. The third-order valence-corrected chi connectivity index (χ3v) is 2.64. The normalized spacial score (nSPS) is 11.8. The Bertz CT molecular complexity index is 479. The van der Waals surface area contributed by atoms with Crippen molar-refractivity contribution >= 4 is 17.2 Å². The first-order chi connectivity index (χ1) is 9.60. The molecule has 0 aliphatic rings. The summed E-state index contributed by atoms with van der Waals surface area (Å²) in [5, 5.41) is 0. The summed E-state index contributed by atoms with van der Waals surface area (Å²) in [7, 11) is 5.56. The van der Waals surface area contributed by atoms with Crippen LogP contribution in [0.2, 0.25) is 0 Å². The number of aromatic nitrogens is 1. The number of anilines is 3. The minimum Gasteiger partial charge on any atom is -0.466 e. The smallest absolute Gasteiger partial charge is 0.422 e. The third kappa shape index (κ3) is 5.54. The largest absolute Gasteiger partial charge is 0.466 e. The minimum absolute atomic E-state index is 0.0264.